The average Bonchev–Trinajstić information content (AvgIpc) is 2.65. The van der Waals surface area contributed by atoms with Gasteiger partial charge in [-0.15, -0.1) is 0 Å². The molecule has 2 heteroatoms. The third kappa shape index (κ3) is 2.76. The molecule has 0 fully saturated rings. The second-order valence-electron chi connectivity index (χ2n) is 4.86. The van der Waals surface area contributed by atoms with Crippen LogP contribution in [-0.2, 0) is 6.54 Å². The number of hydrogen-bond acceptors (Lipinski definition) is 1. The Morgan fingerprint density at radius 3 is 2.17 bits per heavy atom. The van der Waals surface area contributed by atoms with Crippen LogP contribution in [0.4, 0.5) is 0 Å². The van der Waals surface area contributed by atoms with Gasteiger partial charge >= 0.3 is 0 Å². The first-order valence-electron chi connectivity index (χ1n) is 6.40. The minimum atomic E-state index is 0.707. The molecule has 96 valence electrons. The van der Waals surface area contributed by atoms with Gasteiger partial charge in [-0.25, -0.2) is 0 Å². The lowest BCUT2D eigenvalue weighted by molar-refractivity contribution is 0.296. The lowest BCUT2D eigenvalue weighted by atomic mass is 10.1. The van der Waals surface area contributed by atoms with Crippen LogP contribution in [0.1, 0.15) is 22.5 Å². The summed E-state index contributed by atoms with van der Waals surface area (Å²) in [5.41, 5.74) is 5.16. The minimum Gasteiger partial charge on any atom is -0.492 e. The maximum Gasteiger partial charge on any atom is 0.119 e. The van der Waals surface area contributed by atoms with Crippen LogP contribution in [0.25, 0.3) is 0 Å². The number of nitrogens with zero attached hydrogens (tertiary/aromatic N) is 1. The number of benzene rings is 1. The summed E-state index contributed by atoms with van der Waals surface area (Å²) < 4.78 is 8.08. The monoisotopic (exact) mass is 243 g/mol. The SMILES string of the molecule is Cc1ccc(OCCn2c(C)ccc2C)cc1C. The molecule has 0 N–H and O–H groups in total. The van der Waals surface area contributed by atoms with Crippen LogP contribution in [0.5, 0.6) is 5.75 Å². The highest BCUT2D eigenvalue weighted by molar-refractivity contribution is 5.33. The number of aromatic nitrogens is 1. The van der Waals surface area contributed by atoms with Crippen LogP contribution < -0.4 is 4.74 Å². The van der Waals surface area contributed by atoms with Crippen LogP contribution in [0, 0.1) is 27.7 Å². The molecule has 2 rings (SSSR count). The fraction of sp³-hybridized carbons (Fsp3) is 0.375. The van der Waals surface area contributed by atoms with E-state index in [1.165, 1.54) is 22.5 Å². The van der Waals surface area contributed by atoms with E-state index in [9.17, 15) is 0 Å². The Hall–Kier alpha value is -1.70. The number of aryl methyl sites for hydroxylation is 4. The highest BCUT2D eigenvalue weighted by atomic mass is 16.5. The molecule has 1 aromatic heterocycles. The third-order valence-electron chi connectivity index (χ3n) is 3.48. The summed E-state index contributed by atoms with van der Waals surface area (Å²) in [4.78, 5) is 0. The molecule has 2 aromatic rings. The van der Waals surface area contributed by atoms with E-state index in [4.69, 9.17) is 4.74 Å². The van der Waals surface area contributed by atoms with E-state index in [0.717, 1.165) is 12.3 Å². The molecule has 0 radical (unpaired) electrons. The average molecular weight is 243 g/mol. The molecule has 1 heterocycles. The second kappa shape index (κ2) is 5.30. The van der Waals surface area contributed by atoms with Crippen LogP contribution in [0.3, 0.4) is 0 Å². The zero-order chi connectivity index (χ0) is 13.1. The van der Waals surface area contributed by atoms with Gasteiger partial charge in [0, 0.05) is 11.4 Å². The van der Waals surface area contributed by atoms with Crippen molar-refractivity contribution in [3.8, 4) is 5.75 Å². The van der Waals surface area contributed by atoms with Crippen molar-refractivity contribution in [2.24, 2.45) is 0 Å². The Bertz CT molecular complexity index is 521. The Kier molecular flexibility index (Phi) is 3.75. The summed E-state index contributed by atoms with van der Waals surface area (Å²) in [5.74, 6) is 0.959. The summed E-state index contributed by atoms with van der Waals surface area (Å²) in [5, 5.41) is 0. The molecule has 1 aromatic carbocycles. The number of hydrogen-bond donors (Lipinski definition) is 0. The van der Waals surface area contributed by atoms with Crippen LogP contribution in [0.15, 0.2) is 30.3 Å². The highest BCUT2D eigenvalue weighted by Crippen LogP contribution is 2.16. The Labute approximate surface area is 109 Å². The molecule has 0 unspecified atom stereocenters. The largest absolute Gasteiger partial charge is 0.492 e. The molecule has 0 saturated carbocycles. The second-order valence-corrected chi connectivity index (χ2v) is 4.86. The molecule has 18 heavy (non-hydrogen) atoms. The zero-order valence-corrected chi connectivity index (χ0v) is 11.7. The fourth-order valence-electron chi connectivity index (χ4n) is 2.11. The van der Waals surface area contributed by atoms with Gasteiger partial charge in [0.2, 0.25) is 0 Å². The topological polar surface area (TPSA) is 14.2 Å². The van der Waals surface area contributed by atoms with E-state index in [2.05, 4.69) is 56.5 Å². The summed E-state index contributed by atoms with van der Waals surface area (Å²) >= 11 is 0. The lowest BCUT2D eigenvalue weighted by Gasteiger charge is -2.11. The predicted molar refractivity (Wildman–Crippen MR) is 75.3 cm³/mol. The normalized spacial score (nSPS) is 10.7. The van der Waals surface area contributed by atoms with Gasteiger partial charge in [0.05, 0.1) is 6.54 Å². The number of rotatable bonds is 4. The van der Waals surface area contributed by atoms with Gasteiger partial charge in [0.15, 0.2) is 0 Å². The van der Waals surface area contributed by atoms with E-state index in [0.29, 0.717) is 6.61 Å². The molecule has 2 nitrogen and oxygen atoms in total. The van der Waals surface area contributed by atoms with Crippen LogP contribution in [-0.4, -0.2) is 11.2 Å². The van der Waals surface area contributed by atoms with Gasteiger partial charge in [-0.3, -0.25) is 0 Å². The van der Waals surface area contributed by atoms with Crippen molar-refractivity contribution in [1.82, 2.24) is 4.57 Å². The highest BCUT2D eigenvalue weighted by Gasteiger charge is 2.01. The van der Waals surface area contributed by atoms with E-state index < -0.39 is 0 Å². The molecular weight excluding hydrogens is 222 g/mol. The molecule has 0 aliphatic rings. The third-order valence-corrected chi connectivity index (χ3v) is 3.48. The summed E-state index contributed by atoms with van der Waals surface area (Å²) in [6.45, 7) is 10.1. The molecule has 0 aliphatic carbocycles. The van der Waals surface area contributed by atoms with Crippen molar-refractivity contribution >= 4 is 0 Å². The molecule has 0 bridgehead atoms. The maximum atomic E-state index is 5.80. The summed E-state index contributed by atoms with van der Waals surface area (Å²) in [7, 11) is 0. The van der Waals surface area contributed by atoms with Gasteiger partial charge in [0.25, 0.3) is 0 Å². The Balaban J connectivity index is 1.94. The molecule has 0 saturated heterocycles. The van der Waals surface area contributed by atoms with Crippen molar-refractivity contribution in [3.05, 3.63) is 52.8 Å². The van der Waals surface area contributed by atoms with Crippen LogP contribution in [0.2, 0.25) is 0 Å². The Morgan fingerprint density at radius 2 is 1.56 bits per heavy atom. The molecule has 0 atom stereocenters. The van der Waals surface area contributed by atoms with Crippen molar-refractivity contribution in [3.63, 3.8) is 0 Å². The molecule has 0 spiro atoms. The first-order chi connectivity index (χ1) is 8.58. The lowest BCUT2D eigenvalue weighted by Crippen LogP contribution is -2.10. The van der Waals surface area contributed by atoms with E-state index in [1.54, 1.807) is 0 Å². The minimum absolute atomic E-state index is 0.707. The summed E-state index contributed by atoms with van der Waals surface area (Å²) in [6, 6.07) is 10.5. The van der Waals surface area contributed by atoms with Gasteiger partial charge in [-0.1, -0.05) is 6.07 Å². The van der Waals surface area contributed by atoms with E-state index in [1.807, 2.05) is 6.07 Å². The van der Waals surface area contributed by atoms with Crippen molar-refractivity contribution in [2.75, 3.05) is 6.61 Å². The van der Waals surface area contributed by atoms with Gasteiger partial charge in [0.1, 0.15) is 12.4 Å². The van der Waals surface area contributed by atoms with E-state index in [-0.39, 0.29) is 0 Å². The van der Waals surface area contributed by atoms with Crippen molar-refractivity contribution in [1.29, 1.82) is 0 Å². The van der Waals surface area contributed by atoms with E-state index >= 15 is 0 Å². The van der Waals surface area contributed by atoms with Crippen molar-refractivity contribution < 1.29 is 4.74 Å². The summed E-state index contributed by atoms with van der Waals surface area (Å²) in [6.07, 6.45) is 0. The number of ether oxygens (including phenoxy) is 1. The standard InChI is InChI=1S/C16H21NO/c1-12-5-8-16(11-13(12)2)18-10-9-17-14(3)6-7-15(17)4/h5-8,11H,9-10H2,1-4H3. The van der Waals surface area contributed by atoms with Gasteiger partial charge < -0.3 is 9.30 Å². The predicted octanol–water partition coefficient (Wildman–Crippen LogP) is 3.80. The smallest absolute Gasteiger partial charge is 0.119 e. The Morgan fingerprint density at radius 1 is 0.889 bits per heavy atom. The van der Waals surface area contributed by atoms with Crippen molar-refractivity contribution in [2.45, 2.75) is 34.2 Å². The molecular formula is C16H21NO. The van der Waals surface area contributed by atoms with Crippen LogP contribution >= 0.6 is 0 Å². The molecule has 0 aliphatic heterocycles. The first-order valence-corrected chi connectivity index (χ1v) is 6.40. The quantitative estimate of drug-likeness (QED) is 0.796. The zero-order valence-electron chi connectivity index (χ0n) is 11.7. The van der Waals surface area contributed by atoms with Gasteiger partial charge in [-0.2, -0.15) is 0 Å². The first kappa shape index (κ1) is 12.7. The molecule has 0 amide bonds. The maximum absolute atomic E-state index is 5.80. The van der Waals surface area contributed by atoms with Gasteiger partial charge in [-0.05, 0) is 63.1 Å². The fourth-order valence-corrected chi connectivity index (χ4v) is 2.11.